The Morgan fingerprint density at radius 1 is 1.35 bits per heavy atom. The van der Waals surface area contributed by atoms with Crippen molar-refractivity contribution in [3.8, 4) is 22.9 Å². The zero-order valence-corrected chi connectivity index (χ0v) is 14.4. The van der Waals surface area contributed by atoms with E-state index >= 15 is 0 Å². The first-order valence-corrected chi connectivity index (χ1v) is 8.73. The normalized spacial score (nSPS) is 14.2. The second kappa shape index (κ2) is 6.61. The number of likely N-dealkylation sites (N-methyl/N-ethyl adjacent to an activating group) is 1. The molecular formula is C18H19N3OS. The number of ether oxygens (including phenoxy) is 1. The maximum atomic E-state index is 9.77. The largest absolute Gasteiger partial charge is 0.496 e. The van der Waals surface area contributed by atoms with Crippen LogP contribution in [-0.2, 0) is 13.0 Å². The maximum Gasteiger partial charge on any atom is 0.126 e. The molecule has 3 rings (SSSR count). The summed E-state index contributed by atoms with van der Waals surface area (Å²) in [6.45, 7) is 1.80. The summed E-state index contributed by atoms with van der Waals surface area (Å²) < 4.78 is 5.54. The average Bonchev–Trinajstić information content (AvgIpc) is 2.59. The van der Waals surface area contributed by atoms with Crippen molar-refractivity contribution in [2.24, 2.45) is 0 Å². The number of nitrogens with zero attached hydrogens (tertiary/aromatic N) is 3. The third-order valence-corrected chi connectivity index (χ3v) is 4.87. The average molecular weight is 325 g/mol. The Balaban J connectivity index is 2.35. The van der Waals surface area contributed by atoms with Gasteiger partial charge < -0.3 is 9.64 Å². The minimum Gasteiger partial charge on any atom is -0.496 e. The molecule has 0 amide bonds. The molecule has 1 aromatic carbocycles. The molecule has 1 aliphatic rings. The van der Waals surface area contributed by atoms with E-state index in [0.717, 1.165) is 52.7 Å². The molecule has 0 unspecified atom stereocenters. The Labute approximate surface area is 141 Å². The number of rotatable bonds is 3. The van der Waals surface area contributed by atoms with Gasteiger partial charge >= 0.3 is 0 Å². The van der Waals surface area contributed by atoms with Gasteiger partial charge in [-0.2, -0.15) is 5.26 Å². The second-order valence-electron chi connectivity index (χ2n) is 5.60. The number of pyridine rings is 1. The molecule has 23 heavy (non-hydrogen) atoms. The lowest BCUT2D eigenvalue weighted by molar-refractivity contribution is 0.309. The van der Waals surface area contributed by atoms with E-state index < -0.39 is 0 Å². The first-order valence-electron chi connectivity index (χ1n) is 7.51. The minimum atomic E-state index is 0.649. The van der Waals surface area contributed by atoms with Crippen LogP contribution in [0, 0.1) is 11.3 Å². The Kier molecular flexibility index (Phi) is 4.56. The summed E-state index contributed by atoms with van der Waals surface area (Å²) in [7, 11) is 3.77. The molecule has 4 nitrogen and oxygen atoms in total. The van der Waals surface area contributed by atoms with Gasteiger partial charge in [-0.15, -0.1) is 11.8 Å². The number of thioether (sulfide) groups is 1. The van der Waals surface area contributed by atoms with Crippen LogP contribution in [0.15, 0.2) is 29.3 Å². The highest BCUT2D eigenvalue weighted by Crippen LogP contribution is 2.40. The number of benzene rings is 1. The molecule has 0 saturated carbocycles. The standard InChI is InChI=1S/C18H19N3OS/c1-21-9-8-15-14(11-21)17(13(10-19)18(20-15)23-3)12-6-4-5-7-16(12)22-2/h4-7H,8-9,11H2,1-3H3. The lowest BCUT2D eigenvalue weighted by Crippen LogP contribution is -2.28. The number of fused-ring (bicyclic) bond motifs is 1. The summed E-state index contributed by atoms with van der Waals surface area (Å²) in [5.41, 5.74) is 4.85. The first-order chi connectivity index (χ1) is 11.2. The number of methoxy groups -OCH3 is 1. The monoisotopic (exact) mass is 325 g/mol. The summed E-state index contributed by atoms with van der Waals surface area (Å²) in [6.07, 6.45) is 2.88. The van der Waals surface area contributed by atoms with Crippen molar-refractivity contribution >= 4 is 11.8 Å². The van der Waals surface area contributed by atoms with E-state index in [1.165, 1.54) is 11.8 Å². The van der Waals surface area contributed by atoms with Crippen LogP contribution in [-0.4, -0.2) is 36.8 Å². The molecule has 2 aromatic rings. The van der Waals surface area contributed by atoms with Crippen molar-refractivity contribution in [3.63, 3.8) is 0 Å². The molecule has 0 fully saturated rings. The highest BCUT2D eigenvalue weighted by Gasteiger charge is 2.25. The van der Waals surface area contributed by atoms with Crippen molar-refractivity contribution < 1.29 is 4.74 Å². The van der Waals surface area contributed by atoms with Crippen molar-refractivity contribution in [1.82, 2.24) is 9.88 Å². The van der Waals surface area contributed by atoms with Gasteiger partial charge in [0.2, 0.25) is 0 Å². The van der Waals surface area contributed by atoms with E-state index in [2.05, 4.69) is 18.0 Å². The zero-order valence-electron chi connectivity index (χ0n) is 13.6. The molecule has 2 heterocycles. The van der Waals surface area contributed by atoms with Gasteiger partial charge in [-0.25, -0.2) is 4.98 Å². The van der Waals surface area contributed by atoms with Crippen molar-refractivity contribution in [3.05, 3.63) is 41.1 Å². The number of aromatic nitrogens is 1. The molecule has 0 radical (unpaired) electrons. The molecule has 0 spiro atoms. The van der Waals surface area contributed by atoms with E-state index in [0.29, 0.717) is 5.56 Å². The molecule has 5 heteroatoms. The summed E-state index contributed by atoms with van der Waals surface area (Å²) in [4.78, 5) is 7.02. The number of hydrogen-bond donors (Lipinski definition) is 0. The van der Waals surface area contributed by atoms with Crippen LogP contribution in [0.1, 0.15) is 16.8 Å². The van der Waals surface area contributed by atoms with E-state index in [4.69, 9.17) is 9.72 Å². The SMILES string of the molecule is COc1ccccc1-c1c(C#N)c(SC)nc2c1CN(C)CC2. The quantitative estimate of drug-likeness (QED) is 0.810. The zero-order chi connectivity index (χ0) is 16.4. The highest BCUT2D eigenvalue weighted by molar-refractivity contribution is 7.98. The summed E-state index contributed by atoms with van der Waals surface area (Å²) >= 11 is 1.53. The van der Waals surface area contributed by atoms with Gasteiger partial charge in [0.1, 0.15) is 16.8 Å². The Hall–Kier alpha value is -2.03. The van der Waals surface area contributed by atoms with Gasteiger partial charge in [0.25, 0.3) is 0 Å². The summed E-state index contributed by atoms with van der Waals surface area (Å²) in [6, 6.07) is 10.3. The van der Waals surface area contributed by atoms with Crippen LogP contribution in [0.3, 0.4) is 0 Å². The van der Waals surface area contributed by atoms with Crippen LogP contribution in [0.5, 0.6) is 5.75 Å². The van der Waals surface area contributed by atoms with E-state index in [1.807, 2.05) is 30.5 Å². The second-order valence-corrected chi connectivity index (χ2v) is 6.39. The Bertz CT molecular complexity index is 783. The van der Waals surface area contributed by atoms with Crippen LogP contribution in [0.2, 0.25) is 0 Å². The third kappa shape index (κ3) is 2.80. The molecule has 0 atom stereocenters. The fourth-order valence-electron chi connectivity index (χ4n) is 3.07. The fourth-order valence-corrected chi connectivity index (χ4v) is 3.62. The lowest BCUT2D eigenvalue weighted by Gasteiger charge is -2.28. The fraction of sp³-hybridized carbons (Fsp3) is 0.333. The highest BCUT2D eigenvalue weighted by atomic mass is 32.2. The predicted molar refractivity (Wildman–Crippen MR) is 92.8 cm³/mol. The Morgan fingerprint density at radius 3 is 2.83 bits per heavy atom. The van der Waals surface area contributed by atoms with Gasteiger partial charge in [0.05, 0.1) is 12.7 Å². The summed E-state index contributed by atoms with van der Waals surface area (Å²) in [5, 5.41) is 10.6. The predicted octanol–water partition coefficient (Wildman–Crippen LogP) is 3.34. The minimum absolute atomic E-state index is 0.649. The van der Waals surface area contributed by atoms with E-state index in [-0.39, 0.29) is 0 Å². The van der Waals surface area contributed by atoms with Crippen LogP contribution in [0.4, 0.5) is 0 Å². The van der Waals surface area contributed by atoms with Gasteiger partial charge in [-0.3, -0.25) is 0 Å². The molecule has 0 bridgehead atoms. The van der Waals surface area contributed by atoms with Gasteiger partial charge in [0.15, 0.2) is 0 Å². The van der Waals surface area contributed by atoms with Crippen LogP contribution >= 0.6 is 11.8 Å². The van der Waals surface area contributed by atoms with Crippen LogP contribution in [0.25, 0.3) is 11.1 Å². The lowest BCUT2D eigenvalue weighted by atomic mass is 9.91. The number of hydrogen-bond acceptors (Lipinski definition) is 5. The maximum absolute atomic E-state index is 9.77. The molecule has 0 aliphatic carbocycles. The van der Waals surface area contributed by atoms with Crippen molar-refractivity contribution in [2.45, 2.75) is 18.0 Å². The molecular weight excluding hydrogens is 306 g/mol. The number of nitriles is 1. The van der Waals surface area contributed by atoms with Crippen molar-refractivity contribution in [2.75, 3.05) is 27.0 Å². The van der Waals surface area contributed by atoms with Gasteiger partial charge in [-0.1, -0.05) is 18.2 Å². The van der Waals surface area contributed by atoms with Gasteiger partial charge in [-0.05, 0) is 24.9 Å². The molecule has 1 aromatic heterocycles. The molecule has 1 aliphatic heterocycles. The molecule has 118 valence electrons. The smallest absolute Gasteiger partial charge is 0.126 e. The van der Waals surface area contributed by atoms with E-state index in [1.54, 1.807) is 7.11 Å². The Morgan fingerprint density at radius 2 is 2.13 bits per heavy atom. The van der Waals surface area contributed by atoms with E-state index in [9.17, 15) is 5.26 Å². The molecule has 0 saturated heterocycles. The first kappa shape index (κ1) is 15.9. The van der Waals surface area contributed by atoms with Gasteiger partial charge in [0, 0.05) is 36.3 Å². The summed E-state index contributed by atoms with van der Waals surface area (Å²) in [5.74, 6) is 0.790. The van der Waals surface area contributed by atoms with Crippen molar-refractivity contribution in [1.29, 1.82) is 5.26 Å². The number of para-hydroxylation sites is 1. The topological polar surface area (TPSA) is 49.1 Å². The third-order valence-electron chi connectivity index (χ3n) is 4.19. The molecule has 0 N–H and O–H groups in total. The van der Waals surface area contributed by atoms with Crippen LogP contribution < -0.4 is 4.74 Å².